The minimum Gasteiger partial charge on any atom is -0.390 e. The van der Waals surface area contributed by atoms with E-state index >= 15 is 0 Å². The van der Waals surface area contributed by atoms with Crippen molar-refractivity contribution >= 4 is 5.91 Å². The van der Waals surface area contributed by atoms with Gasteiger partial charge in [-0.2, -0.15) is 0 Å². The van der Waals surface area contributed by atoms with Gasteiger partial charge >= 0.3 is 0 Å². The van der Waals surface area contributed by atoms with Crippen LogP contribution in [0.4, 0.5) is 0 Å². The molecule has 0 spiro atoms. The minimum atomic E-state index is -0.845. The van der Waals surface area contributed by atoms with Crippen LogP contribution < -0.4 is 5.32 Å². The van der Waals surface area contributed by atoms with Gasteiger partial charge in [0.1, 0.15) is 6.10 Å². The molecule has 0 aliphatic carbocycles. The van der Waals surface area contributed by atoms with Crippen molar-refractivity contribution in [1.82, 2.24) is 5.32 Å². The molecule has 0 aromatic carbocycles. The third-order valence-electron chi connectivity index (χ3n) is 2.97. The Morgan fingerprint density at radius 2 is 2.26 bits per heavy atom. The SMILES string of the molecule is C=CCCC(=O)NCCO[C@@H]1O[C@@H](C)[C@@H](O)C[C@@H]1O. The van der Waals surface area contributed by atoms with Crippen molar-refractivity contribution < 1.29 is 24.5 Å². The van der Waals surface area contributed by atoms with Crippen LogP contribution in [0.2, 0.25) is 0 Å². The molecule has 1 amide bonds. The number of nitrogens with one attached hydrogen (secondary N) is 1. The average Bonchev–Trinajstić information content (AvgIpc) is 2.37. The van der Waals surface area contributed by atoms with Gasteiger partial charge in [-0.1, -0.05) is 6.08 Å². The van der Waals surface area contributed by atoms with Gasteiger partial charge in [0.2, 0.25) is 5.91 Å². The number of carbonyl (C=O) groups excluding carboxylic acids is 1. The summed E-state index contributed by atoms with van der Waals surface area (Å²) >= 11 is 0. The van der Waals surface area contributed by atoms with E-state index < -0.39 is 18.5 Å². The predicted octanol–water partition coefficient (Wildman–Crippen LogP) is -0.0579. The van der Waals surface area contributed by atoms with Gasteiger partial charge < -0.3 is 25.0 Å². The van der Waals surface area contributed by atoms with Gasteiger partial charge in [-0.15, -0.1) is 6.58 Å². The summed E-state index contributed by atoms with van der Waals surface area (Å²) in [4.78, 5) is 11.3. The topological polar surface area (TPSA) is 88.0 Å². The van der Waals surface area contributed by atoms with Gasteiger partial charge in [0.05, 0.1) is 18.8 Å². The summed E-state index contributed by atoms with van der Waals surface area (Å²) in [5, 5.41) is 21.9. The van der Waals surface area contributed by atoms with Crippen LogP contribution in [0.15, 0.2) is 12.7 Å². The monoisotopic (exact) mass is 273 g/mol. The van der Waals surface area contributed by atoms with Crippen molar-refractivity contribution in [1.29, 1.82) is 0 Å². The summed E-state index contributed by atoms with van der Waals surface area (Å²) in [6.45, 7) is 5.88. The van der Waals surface area contributed by atoms with Crippen LogP contribution in [0.1, 0.15) is 26.2 Å². The fourth-order valence-electron chi connectivity index (χ4n) is 1.78. The molecule has 110 valence electrons. The van der Waals surface area contributed by atoms with Gasteiger partial charge in [-0.3, -0.25) is 4.79 Å². The maximum Gasteiger partial charge on any atom is 0.220 e. The van der Waals surface area contributed by atoms with Crippen molar-refractivity contribution in [3.05, 3.63) is 12.7 Å². The van der Waals surface area contributed by atoms with E-state index in [0.717, 1.165) is 0 Å². The number of hydrogen-bond donors (Lipinski definition) is 3. The van der Waals surface area contributed by atoms with Gasteiger partial charge in [0.15, 0.2) is 6.29 Å². The number of rotatable bonds is 7. The first-order valence-electron chi connectivity index (χ1n) is 6.55. The molecule has 0 saturated carbocycles. The van der Waals surface area contributed by atoms with E-state index in [0.29, 0.717) is 19.4 Å². The zero-order valence-electron chi connectivity index (χ0n) is 11.2. The normalized spacial score (nSPS) is 30.9. The highest BCUT2D eigenvalue weighted by Crippen LogP contribution is 2.20. The first kappa shape index (κ1) is 16.1. The van der Waals surface area contributed by atoms with Crippen molar-refractivity contribution in [3.63, 3.8) is 0 Å². The molecule has 0 aromatic rings. The summed E-state index contributed by atoms with van der Waals surface area (Å²) in [6, 6.07) is 0. The van der Waals surface area contributed by atoms with Crippen molar-refractivity contribution in [2.24, 2.45) is 0 Å². The molecule has 6 nitrogen and oxygen atoms in total. The van der Waals surface area contributed by atoms with Gasteiger partial charge in [0.25, 0.3) is 0 Å². The Kier molecular flexibility index (Phi) is 7.01. The molecular formula is C13H23NO5. The van der Waals surface area contributed by atoms with Gasteiger partial charge in [-0.05, 0) is 13.3 Å². The molecule has 1 rings (SSSR count). The summed E-state index contributed by atoms with van der Waals surface area (Å²) in [6.07, 6.45) is 0.351. The number of hydrogen-bond acceptors (Lipinski definition) is 5. The predicted molar refractivity (Wildman–Crippen MR) is 69.4 cm³/mol. The molecule has 0 radical (unpaired) electrons. The summed E-state index contributed by atoms with van der Waals surface area (Å²) in [5.41, 5.74) is 0. The van der Waals surface area contributed by atoms with Crippen LogP contribution in [0.25, 0.3) is 0 Å². The Balaban J connectivity index is 2.15. The quantitative estimate of drug-likeness (QED) is 0.447. The van der Waals surface area contributed by atoms with Crippen LogP contribution >= 0.6 is 0 Å². The molecule has 1 aliphatic rings. The Hall–Kier alpha value is -0.950. The number of aliphatic hydroxyl groups excluding tert-OH is 2. The number of aliphatic hydroxyl groups is 2. The van der Waals surface area contributed by atoms with Crippen LogP contribution in [0.3, 0.4) is 0 Å². The zero-order chi connectivity index (χ0) is 14.3. The van der Waals surface area contributed by atoms with E-state index in [-0.39, 0.29) is 25.0 Å². The molecule has 4 atom stereocenters. The fraction of sp³-hybridized carbons (Fsp3) is 0.769. The maximum atomic E-state index is 11.3. The third kappa shape index (κ3) is 5.69. The lowest BCUT2D eigenvalue weighted by molar-refractivity contribution is -0.260. The van der Waals surface area contributed by atoms with Crippen LogP contribution in [0, 0.1) is 0 Å². The van der Waals surface area contributed by atoms with E-state index in [4.69, 9.17) is 9.47 Å². The molecule has 19 heavy (non-hydrogen) atoms. The summed E-state index contributed by atoms with van der Waals surface area (Å²) in [5.74, 6) is -0.0580. The Morgan fingerprint density at radius 3 is 2.95 bits per heavy atom. The van der Waals surface area contributed by atoms with Crippen molar-refractivity contribution in [2.75, 3.05) is 13.2 Å². The molecule has 3 N–H and O–H groups in total. The molecule has 1 saturated heterocycles. The van der Waals surface area contributed by atoms with Crippen molar-refractivity contribution in [2.45, 2.75) is 50.8 Å². The van der Waals surface area contributed by atoms with E-state index in [1.165, 1.54) is 0 Å². The summed E-state index contributed by atoms with van der Waals surface area (Å²) in [7, 11) is 0. The number of ether oxygens (including phenoxy) is 2. The Bertz CT molecular complexity index is 297. The molecule has 0 unspecified atom stereocenters. The van der Waals surface area contributed by atoms with Crippen LogP contribution in [-0.4, -0.2) is 53.9 Å². The lowest BCUT2D eigenvalue weighted by Gasteiger charge is -2.35. The lowest BCUT2D eigenvalue weighted by atomic mass is 10.0. The van der Waals surface area contributed by atoms with Crippen molar-refractivity contribution in [3.8, 4) is 0 Å². The largest absolute Gasteiger partial charge is 0.390 e. The fourth-order valence-corrected chi connectivity index (χ4v) is 1.78. The van der Waals surface area contributed by atoms with E-state index in [1.54, 1.807) is 13.0 Å². The number of amides is 1. The Morgan fingerprint density at radius 1 is 1.53 bits per heavy atom. The highest BCUT2D eigenvalue weighted by atomic mass is 16.7. The molecule has 1 heterocycles. The zero-order valence-corrected chi connectivity index (χ0v) is 11.2. The van der Waals surface area contributed by atoms with Gasteiger partial charge in [-0.25, -0.2) is 0 Å². The number of carbonyl (C=O) groups is 1. The van der Waals surface area contributed by atoms with E-state index in [2.05, 4.69) is 11.9 Å². The van der Waals surface area contributed by atoms with Crippen LogP contribution in [-0.2, 0) is 14.3 Å². The third-order valence-corrected chi connectivity index (χ3v) is 2.97. The van der Waals surface area contributed by atoms with Crippen LogP contribution in [0.5, 0.6) is 0 Å². The highest BCUT2D eigenvalue weighted by molar-refractivity contribution is 5.75. The second-order valence-corrected chi connectivity index (χ2v) is 4.63. The molecule has 0 bridgehead atoms. The standard InChI is InChI=1S/C13H23NO5/c1-3-4-5-12(17)14-6-7-18-13-11(16)8-10(15)9(2)19-13/h3,9-11,13,15-16H,1,4-8H2,2H3,(H,14,17)/t9-,10-,11-,13+/m0/s1. The average molecular weight is 273 g/mol. The minimum absolute atomic E-state index is 0.0580. The lowest BCUT2D eigenvalue weighted by Crippen LogP contribution is -2.47. The summed E-state index contributed by atoms with van der Waals surface area (Å²) < 4.78 is 10.7. The van der Waals surface area contributed by atoms with Gasteiger partial charge in [0, 0.05) is 19.4 Å². The second-order valence-electron chi connectivity index (χ2n) is 4.63. The maximum absolute atomic E-state index is 11.3. The molecule has 0 aromatic heterocycles. The first-order chi connectivity index (χ1) is 9.04. The van der Waals surface area contributed by atoms with E-state index in [9.17, 15) is 15.0 Å². The smallest absolute Gasteiger partial charge is 0.220 e. The molecule has 1 aliphatic heterocycles. The number of allylic oxidation sites excluding steroid dienone is 1. The first-order valence-corrected chi connectivity index (χ1v) is 6.55. The second kappa shape index (κ2) is 8.27. The molecule has 1 fully saturated rings. The highest BCUT2D eigenvalue weighted by Gasteiger charge is 2.34. The molecule has 6 heteroatoms. The molecular weight excluding hydrogens is 250 g/mol. The Labute approximate surface area is 113 Å². The van der Waals surface area contributed by atoms with E-state index in [1.807, 2.05) is 0 Å².